The van der Waals surface area contributed by atoms with Crippen molar-refractivity contribution in [1.82, 2.24) is 9.78 Å². The van der Waals surface area contributed by atoms with Crippen molar-refractivity contribution in [3.05, 3.63) is 65.3 Å². The van der Waals surface area contributed by atoms with Crippen molar-refractivity contribution in [3.8, 4) is 5.75 Å². The lowest BCUT2D eigenvalue weighted by atomic mass is 9.71. The molecule has 0 bridgehead atoms. The molecule has 0 radical (unpaired) electrons. The normalized spacial score (nSPS) is 16.6. The molecule has 0 aliphatic carbocycles. The predicted octanol–water partition coefficient (Wildman–Crippen LogP) is 5.46. The van der Waals surface area contributed by atoms with Crippen molar-refractivity contribution in [3.63, 3.8) is 0 Å². The fourth-order valence-corrected chi connectivity index (χ4v) is 4.90. The molecule has 1 aliphatic heterocycles. The lowest BCUT2D eigenvalue weighted by Gasteiger charge is -2.23. The molecule has 208 valence electrons. The maximum absolute atomic E-state index is 11.9. The number of fused-ring (bicyclic) bond motifs is 1. The van der Waals surface area contributed by atoms with Gasteiger partial charge in [0.2, 0.25) is 0 Å². The van der Waals surface area contributed by atoms with Crippen LogP contribution in [-0.4, -0.2) is 51.7 Å². The van der Waals surface area contributed by atoms with Crippen molar-refractivity contribution < 1.29 is 29.1 Å². The zero-order chi connectivity index (χ0) is 28.0. The van der Waals surface area contributed by atoms with Crippen molar-refractivity contribution in [2.75, 3.05) is 13.2 Å². The van der Waals surface area contributed by atoms with Crippen LogP contribution < -0.4 is 4.74 Å². The number of hydrogen-bond acceptors (Lipinski definition) is 7. The summed E-state index contributed by atoms with van der Waals surface area (Å²) in [5.41, 5.74) is 3.53. The Morgan fingerprint density at radius 1 is 1.13 bits per heavy atom. The minimum absolute atomic E-state index is 0.0562. The fourth-order valence-electron chi connectivity index (χ4n) is 4.90. The Kier molecular flexibility index (Phi) is 9.48. The summed E-state index contributed by atoms with van der Waals surface area (Å²) in [6.07, 6.45) is 6.24. The van der Waals surface area contributed by atoms with Gasteiger partial charge in [0.25, 0.3) is 0 Å². The van der Waals surface area contributed by atoms with Crippen molar-refractivity contribution in [2.24, 2.45) is 0 Å². The molecular weight excluding hydrogens is 495 g/mol. The van der Waals surface area contributed by atoms with E-state index in [4.69, 9.17) is 14.2 Å². The molecule has 3 aromatic rings. The first kappa shape index (κ1) is 28.9. The third-order valence-electron chi connectivity index (χ3n) is 6.68. The molecule has 1 atom stereocenters. The summed E-state index contributed by atoms with van der Waals surface area (Å²) in [5.74, 6) is 0.439. The number of ether oxygens (including phenoxy) is 3. The molecule has 2 N–H and O–H groups in total. The van der Waals surface area contributed by atoms with Gasteiger partial charge in [-0.2, -0.15) is 5.10 Å². The summed E-state index contributed by atoms with van der Waals surface area (Å²) in [6, 6.07) is 13.6. The Labute approximate surface area is 230 Å². The lowest BCUT2D eigenvalue weighted by molar-refractivity contribution is -0.155. The average molecular weight is 534 g/mol. The maximum Gasteiger partial charge on any atom is 0.484 e. The average Bonchev–Trinajstić information content (AvgIpc) is 3.33. The summed E-state index contributed by atoms with van der Waals surface area (Å²) < 4.78 is 19.0. The summed E-state index contributed by atoms with van der Waals surface area (Å²) in [4.78, 5) is 11.9. The molecular formula is C30H39BN2O6. The zero-order valence-electron chi connectivity index (χ0n) is 23.4. The van der Waals surface area contributed by atoms with Gasteiger partial charge in [-0.15, -0.1) is 0 Å². The van der Waals surface area contributed by atoms with Crippen LogP contribution in [0, 0.1) is 0 Å². The molecule has 0 saturated carbocycles. The smallest absolute Gasteiger partial charge is 0.484 e. The Bertz CT molecular complexity index is 1290. The number of allylic oxidation sites excluding steroid dienone is 1. The molecule has 2 aromatic carbocycles. The standard InChI is InChI=1S/C30H39BN2O6/c1-5-25(31(35)36)29(21-11-14-24(15-12-21)37-18-8-10-28(34)39-30(2,3)4)22-13-16-26-23(19-22)20-32-33(26)27-9-6-7-17-38-27/h11-16,19-20,27,35-36H,5-10,17-18H2,1-4H3/b29-25+. The Hall–Kier alpha value is -3.14. The van der Waals surface area contributed by atoms with E-state index < -0.39 is 12.7 Å². The van der Waals surface area contributed by atoms with E-state index in [0.717, 1.165) is 53.5 Å². The first-order chi connectivity index (χ1) is 18.7. The van der Waals surface area contributed by atoms with Crippen LogP contribution >= 0.6 is 0 Å². The van der Waals surface area contributed by atoms with Gasteiger partial charge in [-0.3, -0.25) is 4.79 Å². The molecule has 39 heavy (non-hydrogen) atoms. The Morgan fingerprint density at radius 2 is 1.87 bits per heavy atom. The van der Waals surface area contributed by atoms with E-state index in [0.29, 0.717) is 37.1 Å². The molecule has 1 aromatic heterocycles. The van der Waals surface area contributed by atoms with E-state index >= 15 is 0 Å². The lowest BCUT2D eigenvalue weighted by Crippen LogP contribution is -2.23. The van der Waals surface area contributed by atoms with Gasteiger partial charge in [-0.25, -0.2) is 4.68 Å². The number of benzene rings is 2. The van der Waals surface area contributed by atoms with Gasteiger partial charge in [0.1, 0.15) is 11.4 Å². The molecule has 2 heterocycles. The van der Waals surface area contributed by atoms with Gasteiger partial charge in [0.05, 0.1) is 18.3 Å². The third-order valence-corrected chi connectivity index (χ3v) is 6.68. The number of nitrogens with zero attached hydrogens (tertiary/aromatic N) is 2. The number of esters is 1. The summed E-state index contributed by atoms with van der Waals surface area (Å²) >= 11 is 0. The quantitative estimate of drug-likeness (QED) is 0.202. The highest BCUT2D eigenvalue weighted by molar-refractivity contribution is 6.52. The molecule has 8 nitrogen and oxygen atoms in total. The number of rotatable bonds is 10. The molecule has 1 aliphatic rings. The van der Waals surface area contributed by atoms with Crippen LogP contribution in [0.25, 0.3) is 16.5 Å². The van der Waals surface area contributed by atoms with Gasteiger partial charge in [0, 0.05) is 18.4 Å². The van der Waals surface area contributed by atoms with E-state index in [1.165, 1.54) is 0 Å². The minimum atomic E-state index is -1.58. The molecule has 4 rings (SSSR count). The number of hydrogen-bond donors (Lipinski definition) is 2. The van der Waals surface area contributed by atoms with E-state index in [9.17, 15) is 14.8 Å². The topological polar surface area (TPSA) is 103 Å². The van der Waals surface area contributed by atoms with Crippen LogP contribution in [0.2, 0.25) is 0 Å². The molecule has 0 amide bonds. The van der Waals surface area contributed by atoms with Gasteiger partial charge >= 0.3 is 13.1 Å². The Balaban J connectivity index is 1.52. The molecule has 9 heteroatoms. The van der Waals surface area contributed by atoms with Crippen molar-refractivity contribution in [2.45, 2.75) is 78.0 Å². The minimum Gasteiger partial charge on any atom is -0.494 e. The first-order valence-corrected chi connectivity index (χ1v) is 13.8. The fraction of sp³-hybridized carbons (Fsp3) is 0.467. The molecule has 1 fully saturated rings. The second kappa shape index (κ2) is 12.8. The highest BCUT2D eigenvalue weighted by atomic mass is 16.6. The zero-order valence-corrected chi connectivity index (χ0v) is 23.4. The van der Waals surface area contributed by atoms with Crippen LogP contribution in [0.15, 0.2) is 54.1 Å². The van der Waals surface area contributed by atoms with Gasteiger partial charge in [-0.1, -0.05) is 25.1 Å². The van der Waals surface area contributed by atoms with Crippen molar-refractivity contribution in [1.29, 1.82) is 0 Å². The number of aromatic nitrogens is 2. The SMILES string of the molecule is CC/C(B(O)O)=C(/c1ccc(OCCCC(=O)OC(C)(C)C)cc1)c1ccc2c(cnn2C2CCCCO2)c1. The van der Waals surface area contributed by atoms with Crippen LogP contribution in [0.3, 0.4) is 0 Å². The van der Waals surface area contributed by atoms with Gasteiger partial charge in [-0.05, 0) is 99.3 Å². The van der Waals surface area contributed by atoms with E-state index in [2.05, 4.69) is 5.10 Å². The summed E-state index contributed by atoms with van der Waals surface area (Å²) in [6.45, 7) is 8.60. The van der Waals surface area contributed by atoms with Crippen LogP contribution in [-0.2, 0) is 14.3 Å². The maximum atomic E-state index is 11.9. The van der Waals surface area contributed by atoms with Crippen LogP contribution in [0.1, 0.15) is 83.6 Å². The Morgan fingerprint density at radius 3 is 2.51 bits per heavy atom. The number of carbonyl (C=O) groups is 1. The summed E-state index contributed by atoms with van der Waals surface area (Å²) in [5, 5.41) is 26.0. The largest absolute Gasteiger partial charge is 0.494 e. The third kappa shape index (κ3) is 7.50. The van der Waals surface area contributed by atoms with Gasteiger partial charge in [0.15, 0.2) is 6.23 Å². The second-order valence-corrected chi connectivity index (χ2v) is 10.9. The molecule has 0 spiro atoms. The number of carbonyl (C=O) groups excluding carboxylic acids is 1. The van der Waals surface area contributed by atoms with Crippen molar-refractivity contribution >= 4 is 29.6 Å². The molecule has 1 saturated heterocycles. The van der Waals surface area contributed by atoms with Crippen LogP contribution in [0.5, 0.6) is 5.75 Å². The van der Waals surface area contributed by atoms with E-state index in [-0.39, 0.29) is 12.2 Å². The monoisotopic (exact) mass is 534 g/mol. The molecule has 1 unspecified atom stereocenters. The van der Waals surface area contributed by atoms with E-state index in [1.807, 2.05) is 81.0 Å². The van der Waals surface area contributed by atoms with E-state index in [1.54, 1.807) is 0 Å². The predicted molar refractivity (Wildman–Crippen MR) is 152 cm³/mol. The summed E-state index contributed by atoms with van der Waals surface area (Å²) in [7, 11) is -1.58. The highest BCUT2D eigenvalue weighted by Crippen LogP contribution is 2.33. The second-order valence-electron chi connectivity index (χ2n) is 10.9. The van der Waals surface area contributed by atoms with Gasteiger partial charge < -0.3 is 24.3 Å². The highest BCUT2D eigenvalue weighted by Gasteiger charge is 2.23. The first-order valence-electron chi connectivity index (χ1n) is 13.8. The van der Waals surface area contributed by atoms with Crippen LogP contribution in [0.4, 0.5) is 0 Å².